The third kappa shape index (κ3) is 3.43. The van der Waals surface area contributed by atoms with Crippen LogP contribution in [0.4, 0.5) is 0 Å². The van der Waals surface area contributed by atoms with Crippen LogP contribution in [-0.2, 0) is 9.53 Å². The number of carbonyl (C=O) groups is 1. The van der Waals surface area contributed by atoms with E-state index in [1.165, 1.54) is 21.3 Å². The van der Waals surface area contributed by atoms with Crippen LogP contribution >= 0.6 is 15.9 Å². The molecular weight excluding hydrogens is 402 g/mol. The number of rotatable bonds is 5. The zero-order valence-corrected chi connectivity index (χ0v) is 16.0. The fraction of sp³-hybridized carbons (Fsp3) is 0.158. The van der Waals surface area contributed by atoms with Gasteiger partial charge in [-0.25, -0.2) is 9.79 Å². The summed E-state index contributed by atoms with van der Waals surface area (Å²) in [4.78, 5) is 16.5. The number of cyclic esters (lactones) is 1. The van der Waals surface area contributed by atoms with E-state index in [0.717, 1.165) is 4.47 Å². The van der Waals surface area contributed by atoms with Gasteiger partial charge in [-0.15, -0.1) is 0 Å². The molecular formula is C19H16BrNO5. The van der Waals surface area contributed by atoms with Crippen molar-refractivity contribution in [3.8, 4) is 17.2 Å². The van der Waals surface area contributed by atoms with E-state index >= 15 is 0 Å². The van der Waals surface area contributed by atoms with E-state index in [0.29, 0.717) is 28.4 Å². The quantitative estimate of drug-likeness (QED) is 0.546. The first-order valence-corrected chi connectivity index (χ1v) is 8.44. The van der Waals surface area contributed by atoms with Gasteiger partial charge in [-0.2, -0.15) is 0 Å². The summed E-state index contributed by atoms with van der Waals surface area (Å²) in [5, 5.41) is 0. The highest BCUT2D eigenvalue weighted by atomic mass is 79.9. The summed E-state index contributed by atoms with van der Waals surface area (Å²) < 4.78 is 22.0. The van der Waals surface area contributed by atoms with E-state index in [2.05, 4.69) is 20.9 Å². The Hall–Kier alpha value is -2.80. The monoisotopic (exact) mass is 417 g/mol. The Kier molecular flexibility index (Phi) is 5.27. The lowest BCUT2D eigenvalue weighted by atomic mass is 10.1. The third-order valence-electron chi connectivity index (χ3n) is 3.72. The van der Waals surface area contributed by atoms with Crippen LogP contribution in [0.5, 0.6) is 17.2 Å². The van der Waals surface area contributed by atoms with Crippen LogP contribution < -0.4 is 14.2 Å². The van der Waals surface area contributed by atoms with Gasteiger partial charge >= 0.3 is 5.97 Å². The maximum absolute atomic E-state index is 12.2. The zero-order valence-electron chi connectivity index (χ0n) is 14.4. The minimum atomic E-state index is -0.524. The number of esters is 1. The lowest BCUT2D eigenvalue weighted by Crippen LogP contribution is -2.05. The molecule has 0 atom stereocenters. The smallest absolute Gasteiger partial charge is 0.363 e. The Balaban J connectivity index is 2.02. The molecule has 0 aromatic heterocycles. The summed E-state index contributed by atoms with van der Waals surface area (Å²) in [6.45, 7) is 0. The van der Waals surface area contributed by atoms with Crippen molar-refractivity contribution in [2.75, 3.05) is 21.3 Å². The van der Waals surface area contributed by atoms with Crippen LogP contribution in [-0.4, -0.2) is 33.2 Å². The van der Waals surface area contributed by atoms with Crippen molar-refractivity contribution in [3.63, 3.8) is 0 Å². The minimum Gasteiger partial charge on any atom is -0.493 e. The van der Waals surface area contributed by atoms with Crippen LogP contribution in [0.1, 0.15) is 11.1 Å². The molecule has 0 saturated heterocycles. The molecule has 1 heterocycles. The van der Waals surface area contributed by atoms with Crippen molar-refractivity contribution in [1.29, 1.82) is 0 Å². The zero-order chi connectivity index (χ0) is 18.7. The number of halogens is 1. The van der Waals surface area contributed by atoms with Gasteiger partial charge in [0.1, 0.15) is 0 Å². The number of ether oxygens (including phenoxy) is 4. The van der Waals surface area contributed by atoms with Gasteiger partial charge in [-0.1, -0.05) is 12.1 Å². The lowest BCUT2D eigenvalue weighted by Gasteiger charge is -2.12. The Morgan fingerprint density at radius 1 is 1.04 bits per heavy atom. The number of carbonyl (C=O) groups excluding carboxylic acids is 1. The van der Waals surface area contributed by atoms with E-state index in [1.54, 1.807) is 18.2 Å². The maximum Gasteiger partial charge on any atom is 0.363 e. The third-order valence-corrected chi connectivity index (χ3v) is 4.41. The Morgan fingerprint density at radius 3 is 2.27 bits per heavy atom. The second-order valence-electron chi connectivity index (χ2n) is 5.27. The van der Waals surface area contributed by atoms with Gasteiger partial charge in [-0.05, 0) is 51.8 Å². The molecule has 0 amide bonds. The van der Waals surface area contributed by atoms with Gasteiger partial charge in [-0.3, -0.25) is 0 Å². The second kappa shape index (κ2) is 7.61. The number of aliphatic imine (C=N–C) groups is 1. The highest BCUT2D eigenvalue weighted by molar-refractivity contribution is 9.10. The molecule has 2 aromatic rings. The first kappa shape index (κ1) is 18.0. The summed E-state index contributed by atoms with van der Waals surface area (Å²) in [6, 6.07) is 10.8. The normalized spacial score (nSPS) is 14.8. The van der Waals surface area contributed by atoms with Crippen LogP contribution in [0.3, 0.4) is 0 Å². The summed E-state index contributed by atoms with van der Waals surface area (Å²) >= 11 is 3.43. The largest absolute Gasteiger partial charge is 0.493 e. The highest BCUT2D eigenvalue weighted by Crippen LogP contribution is 2.39. The molecule has 3 rings (SSSR count). The van der Waals surface area contributed by atoms with Crippen molar-refractivity contribution in [3.05, 3.63) is 57.7 Å². The standard InChI is InChI=1S/C19H16BrNO5/c1-23-15-9-11(10-16(24-2)17(15)25-3)8-14-19(22)26-18(21-14)12-6-4-5-7-13(12)20/h4-10H,1-3H3. The van der Waals surface area contributed by atoms with Gasteiger partial charge < -0.3 is 18.9 Å². The predicted octanol–water partition coefficient (Wildman–Crippen LogP) is 3.82. The van der Waals surface area contributed by atoms with Gasteiger partial charge in [0.25, 0.3) is 0 Å². The predicted molar refractivity (Wildman–Crippen MR) is 101 cm³/mol. The number of benzene rings is 2. The van der Waals surface area contributed by atoms with E-state index < -0.39 is 5.97 Å². The fourth-order valence-corrected chi connectivity index (χ4v) is 2.96. The first-order chi connectivity index (χ1) is 12.6. The van der Waals surface area contributed by atoms with Crippen LogP contribution in [0.25, 0.3) is 6.08 Å². The van der Waals surface area contributed by atoms with E-state index in [1.807, 2.05) is 24.3 Å². The van der Waals surface area contributed by atoms with E-state index in [9.17, 15) is 4.79 Å². The van der Waals surface area contributed by atoms with Gasteiger partial charge in [0, 0.05) is 4.47 Å². The van der Waals surface area contributed by atoms with Crippen LogP contribution in [0.15, 0.2) is 51.6 Å². The second-order valence-corrected chi connectivity index (χ2v) is 6.13. The Morgan fingerprint density at radius 2 is 1.69 bits per heavy atom. The van der Waals surface area contributed by atoms with Gasteiger partial charge in [0.2, 0.25) is 11.6 Å². The summed E-state index contributed by atoms with van der Waals surface area (Å²) in [6.07, 6.45) is 1.61. The SMILES string of the molecule is COc1cc(C=C2N=C(c3ccccc3Br)OC2=O)cc(OC)c1OC. The summed E-state index contributed by atoms with van der Waals surface area (Å²) in [5.41, 5.74) is 1.56. The fourth-order valence-electron chi connectivity index (χ4n) is 2.50. The summed E-state index contributed by atoms with van der Waals surface area (Å²) in [5.74, 6) is 1.18. The number of hydrogen-bond acceptors (Lipinski definition) is 6. The molecule has 26 heavy (non-hydrogen) atoms. The molecule has 0 spiro atoms. The molecule has 1 aliphatic heterocycles. The molecule has 0 fully saturated rings. The Bertz CT molecular complexity index is 895. The van der Waals surface area contributed by atoms with Crippen LogP contribution in [0, 0.1) is 0 Å². The minimum absolute atomic E-state index is 0.185. The molecule has 1 aliphatic rings. The molecule has 134 valence electrons. The molecule has 0 N–H and O–H groups in total. The van der Waals surface area contributed by atoms with Crippen molar-refractivity contribution in [1.82, 2.24) is 0 Å². The molecule has 6 nitrogen and oxygen atoms in total. The van der Waals surface area contributed by atoms with Gasteiger partial charge in [0.05, 0.1) is 26.9 Å². The molecule has 2 aromatic carbocycles. The molecule has 7 heteroatoms. The maximum atomic E-state index is 12.2. The molecule has 0 unspecified atom stereocenters. The number of nitrogens with zero attached hydrogens (tertiary/aromatic N) is 1. The van der Waals surface area contributed by atoms with Gasteiger partial charge in [0.15, 0.2) is 17.2 Å². The van der Waals surface area contributed by atoms with Crippen molar-refractivity contribution >= 4 is 33.9 Å². The summed E-state index contributed by atoms with van der Waals surface area (Å²) in [7, 11) is 4.59. The van der Waals surface area contributed by atoms with E-state index in [4.69, 9.17) is 18.9 Å². The molecule has 0 bridgehead atoms. The lowest BCUT2D eigenvalue weighted by molar-refractivity contribution is -0.129. The average Bonchev–Trinajstić information content (AvgIpc) is 3.01. The number of methoxy groups -OCH3 is 3. The highest BCUT2D eigenvalue weighted by Gasteiger charge is 2.25. The average molecular weight is 418 g/mol. The molecule has 0 saturated carbocycles. The molecule has 0 radical (unpaired) electrons. The van der Waals surface area contributed by atoms with E-state index in [-0.39, 0.29) is 11.6 Å². The molecule has 0 aliphatic carbocycles. The first-order valence-electron chi connectivity index (χ1n) is 7.65. The Labute approximate surface area is 159 Å². The topological polar surface area (TPSA) is 66.4 Å². The van der Waals surface area contributed by atoms with Crippen molar-refractivity contribution < 1.29 is 23.7 Å². The van der Waals surface area contributed by atoms with Crippen LogP contribution in [0.2, 0.25) is 0 Å². The van der Waals surface area contributed by atoms with Crippen molar-refractivity contribution in [2.24, 2.45) is 4.99 Å². The van der Waals surface area contributed by atoms with Crippen molar-refractivity contribution in [2.45, 2.75) is 0 Å². The number of hydrogen-bond donors (Lipinski definition) is 0.